The second kappa shape index (κ2) is 4.12. The van der Waals surface area contributed by atoms with E-state index in [1.165, 1.54) is 0 Å². The van der Waals surface area contributed by atoms with Crippen LogP contribution in [0.3, 0.4) is 0 Å². The number of carbonyl (C=O) groups excluding carboxylic acids is 1. The van der Waals surface area contributed by atoms with Gasteiger partial charge in [-0.25, -0.2) is 4.98 Å². The molecule has 1 aromatic heterocycles. The number of aromatic nitrogens is 2. The maximum absolute atomic E-state index is 12.0. The van der Waals surface area contributed by atoms with Crippen LogP contribution >= 0.6 is 0 Å². The van der Waals surface area contributed by atoms with Crippen molar-refractivity contribution >= 4 is 5.91 Å². The number of β-amino-alcohol motifs (C(OH)–C–C–N with tert-alkyl or cyclic N) is 1. The molecule has 1 aromatic rings. The molecule has 0 bridgehead atoms. The molecule has 0 radical (unpaired) electrons. The number of nitrogens with one attached hydrogen (secondary N) is 1. The number of rotatable bonds is 2. The van der Waals surface area contributed by atoms with Crippen molar-refractivity contribution in [2.45, 2.75) is 12.1 Å². The molecule has 2 aliphatic heterocycles. The number of hydrogen-bond acceptors (Lipinski definition) is 4. The Bertz CT molecular complexity index is 402. The van der Waals surface area contributed by atoms with E-state index in [4.69, 9.17) is 0 Å². The van der Waals surface area contributed by atoms with Crippen LogP contribution in [0.1, 0.15) is 6.04 Å². The molecule has 1 amide bonds. The van der Waals surface area contributed by atoms with Crippen molar-refractivity contribution in [3.63, 3.8) is 0 Å². The maximum atomic E-state index is 12.0. The summed E-state index contributed by atoms with van der Waals surface area (Å²) in [6, 6.07) is -0.0607. The molecular formula is C11H16N4O2. The van der Waals surface area contributed by atoms with E-state index in [1.54, 1.807) is 17.4 Å². The van der Waals surface area contributed by atoms with E-state index >= 15 is 0 Å². The zero-order valence-corrected chi connectivity index (χ0v) is 9.49. The van der Waals surface area contributed by atoms with Crippen molar-refractivity contribution in [1.29, 1.82) is 0 Å². The maximum Gasteiger partial charge on any atom is 0.228 e. The predicted octanol–water partition coefficient (Wildman–Crippen LogP) is -1.15. The van der Waals surface area contributed by atoms with Crippen molar-refractivity contribution < 1.29 is 9.90 Å². The molecule has 92 valence electrons. The summed E-state index contributed by atoms with van der Waals surface area (Å²) >= 11 is 0. The largest absolute Gasteiger partial charge is 0.389 e. The summed E-state index contributed by atoms with van der Waals surface area (Å²) in [6.45, 7) is 2.54. The first kappa shape index (κ1) is 10.7. The lowest BCUT2D eigenvalue weighted by Gasteiger charge is -2.30. The Labute approximate surface area is 99.2 Å². The van der Waals surface area contributed by atoms with Gasteiger partial charge in [-0.05, 0) is 0 Å². The van der Waals surface area contributed by atoms with E-state index < -0.39 is 6.10 Å². The van der Waals surface area contributed by atoms with Gasteiger partial charge in [0.25, 0.3) is 0 Å². The number of aliphatic hydroxyl groups excluding tert-OH is 1. The predicted molar refractivity (Wildman–Crippen MR) is 60.2 cm³/mol. The second-order valence-electron chi connectivity index (χ2n) is 4.74. The Kier molecular flexibility index (Phi) is 2.60. The molecule has 0 aromatic carbocycles. The summed E-state index contributed by atoms with van der Waals surface area (Å²) < 4.78 is 1.87. The zero-order valence-electron chi connectivity index (χ0n) is 9.49. The lowest BCUT2D eigenvalue weighted by atomic mass is 10.0. The van der Waals surface area contributed by atoms with E-state index in [0.29, 0.717) is 13.1 Å². The molecule has 3 heterocycles. The average Bonchev–Trinajstić information content (AvgIpc) is 2.82. The van der Waals surface area contributed by atoms with E-state index in [-0.39, 0.29) is 17.9 Å². The average molecular weight is 236 g/mol. The molecule has 0 aliphatic carbocycles. The van der Waals surface area contributed by atoms with E-state index in [2.05, 4.69) is 10.3 Å². The summed E-state index contributed by atoms with van der Waals surface area (Å²) in [7, 11) is 0. The SMILES string of the molecule is O=C(C1CNC1)N1CC(O)C(n2ccnc2)C1. The van der Waals surface area contributed by atoms with Crippen LogP contribution in [-0.4, -0.2) is 57.7 Å². The Morgan fingerprint density at radius 2 is 2.24 bits per heavy atom. The highest BCUT2D eigenvalue weighted by atomic mass is 16.3. The van der Waals surface area contributed by atoms with Crippen LogP contribution in [0.15, 0.2) is 18.7 Å². The molecule has 3 rings (SSSR count). The minimum atomic E-state index is -0.499. The number of imidazole rings is 1. The molecule has 0 saturated carbocycles. The molecule has 2 aliphatic rings. The van der Waals surface area contributed by atoms with Gasteiger partial charge < -0.3 is 19.9 Å². The van der Waals surface area contributed by atoms with Gasteiger partial charge in [-0.2, -0.15) is 0 Å². The van der Waals surface area contributed by atoms with Gasteiger partial charge in [-0.3, -0.25) is 4.79 Å². The van der Waals surface area contributed by atoms with Crippen LogP contribution in [0.5, 0.6) is 0 Å². The molecule has 2 unspecified atom stereocenters. The number of aliphatic hydroxyl groups is 1. The number of likely N-dealkylation sites (tertiary alicyclic amines) is 1. The van der Waals surface area contributed by atoms with Gasteiger partial charge in [0.15, 0.2) is 0 Å². The molecule has 2 saturated heterocycles. The van der Waals surface area contributed by atoms with Gasteiger partial charge in [0.05, 0.1) is 24.4 Å². The molecule has 2 N–H and O–H groups in total. The smallest absolute Gasteiger partial charge is 0.228 e. The van der Waals surface area contributed by atoms with Crippen molar-refractivity contribution in [3.8, 4) is 0 Å². The van der Waals surface area contributed by atoms with Crippen molar-refractivity contribution in [1.82, 2.24) is 19.8 Å². The first-order chi connectivity index (χ1) is 8.25. The van der Waals surface area contributed by atoms with Crippen molar-refractivity contribution in [3.05, 3.63) is 18.7 Å². The van der Waals surface area contributed by atoms with Gasteiger partial charge >= 0.3 is 0 Å². The molecule has 0 spiro atoms. The van der Waals surface area contributed by atoms with Gasteiger partial charge in [0.2, 0.25) is 5.91 Å². The van der Waals surface area contributed by atoms with Gasteiger partial charge in [-0.15, -0.1) is 0 Å². The highest BCUT2D eigenvalue weighted by Crippen LogP contribution is 2.24. The highest BCUT2D eigenvalue weighted by Gasteiger charge is 2.38. The number of nitrogens with zero attached hydrogens (tertiary/aromatic N) is 3. The highest BCUT2D eigenvalue weighted by molar-refractivity contribution is 5.80. The lowest BCUT2D eigenvalue weighted by molar-refractivity contribution is -0.136. The third kappa shape index (κ3) is 1.83. The molecule has 2 atom stereocenters. The summed E-state index contributed by atoms with van der Waals surface area (Å²) in [4.78, 5) is 17.8. The van der Waals surface area contributed by atoms with Crippen LogP contribution in [0.4, 0.5) is 0 Å². The van der Waals surface area contributed by atoms with Crippen LogP contribution in [0, 0.1) is 5.92 Å². The van der Waals surface area contributed by atoms with Gasteiger partial charge in [-0.1, -0.05) is 0 Å². The Morgan fingerprint density at radius 3 is 2.82 bits per heavy atom. The quantitative estimate of drug-likeness (QED) is 0.680. The number of amides is 1. The fraction of sp³-hybridized carbons (Fsp3) is 0.636. The van der Waals surface area contributed by atoms with Crippen LogP contribution in [-0.2, 0) is 4.79 Å². The van der Waals surface area contributed by atoms with Crippen LogP contribution in [0.25, 0.3) is 0 Å². The van der Waals surface area contributed by atoms with Gasteiger partial charge in [0.1, 0.15) is 0 Å². The van der Waals surface area contributed by atoms with Gasteiger partial charge in [0, 0.05) is 38.6 Å². The normalized spacial score (nSPS) is 29.4. The van der Waals surface area contributed by atoms with E-state index in [1.807, 2.05) is 10.8 Å². The number of hydrogen-bond donors (Lipinski definition) is 2. The monoisotopic (exact) mass is 236 g/mol. The molecule has 6 heteroatoms. The third-order valence-corrected chi connectivity index (χ3v) is 3.61. The Hall–Kier alpha value is -1.40. The minimum Gasteiger partial charge on any atom is -0.389 e. The zero-order chi connectivity index (χ0) is 11.8. The fourth-order valence-corrected chi connectivity index (χ4v) is 2.43. The number of carbonyl (C=O) groups is 1. The molecule has 2 fully saturated rings. The van der Waals surface area contributed by atoms with Crippen LogP contribution < -0.4 is 5.32 Å². The minimum absolute atomic E-state index is 0.0607. The first-order valence-electron chi connectivity index (χ1n) is 5.90. The summed E-state index contributed by atoms with van der Waals surface area (Å²) in [5.74, 6) is 0.258. The Balaban J connectivity index is 1.68. The van der Waals surface area contributed by atoms with Crippen LogP contribution in [0.2, 0.25) is 0 Å². The third-order valence-electron chi connectivity index (χ3n) is 3.61. The summed E-state index contributed by atoms with van der Waals surface area (Å²) in [5.41, 5.74) is 0. The standard InChI is InChI=1S/C11H16N4O2/c16-10-6-15(11(17)8-3-13-4-8)5-9(10)14-2-1-12-7-14/h1-2,7-10,13,16H,3-6H2. The molecular weight excluding hydrogens is 220 g/mol. The summed E-state index contributed by atoms with van der Waals surface area (Å²) in [5, 5.41) is 13.1. The first-order valence-corrected chi connectivity index (χ1v) is 5.90. The van der Waals surface area contributed by atoms with Crippen molar-refractivity contribution in [2.75, 3.05) is 26.2 Å². The van der Waals surface area contributed by atoms with Crippen molar-refractivity contribution in [2.24, 2.45) is 5.92 Å². The molecule has 6 nitrogen and oxygen atoms in total. The Morgan fingerprint density at radius 1 is 1.41 bits per heavy atom. The fourth-order valence-electron chi connectivity index (χ4n) is 2.43. The summed E-state index contributed by atoms with van der Waals surface area (Å²) in [6.07, 6.45) is 4.70. The second-order valence-corrected chi connectivity index (χ2v) is 4.74. The van der Waals surface area contributed by atoms with E-state index in [9.17, 15) is 9.90 Å². The van der Waals surface area contributed by atoms with E-state index in [0.717, 1.165) is 13.1 Å². The lowest BCUT2D eigenvalue weighted by Crippen LogP contribution is -2.51. The topological polar surface area (TPSA) is 70.4 Å². The molecule has 17 heavy (non-hydrogen) atoms.